The molecule has 0 bridgehead atoms. The third-order valence-corrected chi connectivity index (χ3v) is 11.2. The van der Waals surface area contributed by atoms with Gasteiger partial charge in [0.05, 0.1) is 18.3 Å². The molecule has 3 unspecified atom stereocenters. The Morgan fingerprint density at radius 2 is 1.69 bits per heavy atom. The predicted molar refractivity (Wildman–Crippen MR) is 127 cm³/mol. The molecule has 4 heteroatoms. The Morgan fingerprint density at radius 3 is 2.34 bits per heavy atom. The number of ketones is 1. The molecule has 184 valence electrons. The molecule has 0 aromatic heterocycles. The Labute approximate surface area is 195 Å². The normalized spacial score (nSPS) is 49.7. The highest BCUT2D eigenvalue weighted by Crippen LogP contribution is 2.68. The van der Waals surface area contributed by atoms with Gasteiger partial charge in [-0.15, -0.1) is 0 Å². The van der Waals surface area contributed by atoms with Gasteiger partial charge in [-0.1, -0.05) is 41.5 Å². The number of fused-ring (bicyclic) bond motifs is 5. The van der Waals surface area contributed by atoms with Gasteiger partial charge in [-0.25, -0.2) is 0 Å². The van der Waals surface area contributed by atoms with E-state index in [4.69, 9.17) is 0 Å². The van der Waals surface area contributed by atoms with E-state index in [0.717, 1.165) is 51.4 Å². The van der Waals surface area contributed by atoms with Crippen molar-refractivity contribution in [3.8, 4) is 0 Å². The van der Waals surface area contributed by atoms with Crippen molar-refractivity contribution in [3.63, 3.8) is 0 Å². The lowest BCUT2D eigenvalue weighted by molar-refractivity contribution is -0.207. The van der Waals surface area contributed by atoms with Gasteiger partial charge >= 0.3 is 0 Å². The monoisotopic (exact) mass is 448 g/mol. The molecule has 3 N–H and O–H groups in total. The summed E-state index contributed by atoms with van der Waals surface area (Å²) in [6.07, 6.45) is 7.03. The van der Waals surface area contributed by atoms with E-state index in [1.54, 1.807) is 0 Å². The number of rotatable bonds is 4. The van der Waals surface area contributed by atoms with Crippen LogP contribution in [0.25, 0.3) is 0 Å². The number of aliphatic hydroxyl groups excluding tert-OH is 3. The van der Waals surface area contributed by atoms with E-state index >= 15 is 0 Å². The third kappa shape index (κ3) is 3.81. The van der Waals surface area contributed by atoms with Gasteiger partial charge in [0, 0.05) is 11.8 Å². The maximum Gasteiger partial charge on any atom is 0.138 e. The van der Waals surface area contributed by atoms with Crippen molar-refractivity contribution in [1.29, 1.82) is 0 Å². The lowest BCUT2D eigenvalue weighted by Crippen LogP contribution is -2.62. The van der Waals surface area contributed by atoms with Crippen LogP contribution in [-0.2, 0) is 4.79 Å². The lowest BCUT2D eigenvalue weighted by Gasteiger charge is -2.63. The van der Waals surface area contributed by atoms with Crippen LogP contribution < -0.4 is 0 Å². The minimum Gasteiger partial charge on any atom is -0.393 e. The maximum absolute atomic E-state index is 12.5. The summed E-state index contributed by atoms with van der Waals surface area (Å²) in [4.78, 5) is 12.5. The highest BCUT2D eigenvalue weighted by atomic mass is 16.3. The summed E-state index contributed by atoms with van der Waals surface area (Å²) in [6, 6.07) is 0. The molecule has 0 amide bonds. The molecule has 0 heterocycles. The van der Waals surface area contributed by atoms with E-state index in [9.17, 15) is 20.1 Å². The molecule has 4 saturated carbocycles. The molecule has 4 nitrogen and oxygen atoms in total. The molecule has 0 aliphatic heterocycles. The minimum atomic E-state index is -0.350. The van der Waals surface area contributed by atoms with Gasteiger partial charge in [0.1, 0.15) is 5.78 Å². The van der Waals surface area contributed by atoms with Crippen LogP contribution in [0, 0.1) is 51.8 Å². The molecule has 11 atom stereocenters. The molecule has 4 aliphatic rings. The number of hydrogen-bond donors (Lipinski definition) is 3. The van der Waals surface area contributed by atoms with Gasteiger partial charge in [-0.05, 0) is 97.7 Å². The summed E-state index contributed by atoms with van der Waals surface area (Å²) in [7, 11) is 0. The highest BCUT2D eigenvalue weighted by molar-refractivity contribution is 5.83. The summed E-state index contributed by atoms with van der Waals surface area (Å²) < 4.78 is 0. The maximum atomic E-state index is 12.5. The zero-order valence-corrected chi connectivity index (χ0v) is 21.3. The van der Waals surface area contributed by atoms with E-state index < -0.39 is 0 Å². The second-order valence-electron chi connectivity index (χ2n) is 13.7. The van der Waals surface area contributed by atoms with Crippen LogP contribution in [0.2, 0.25) is 0 Å². The zero-order chi connectivity index (χ0) is 23.6. The Balaban J connectivity index is 1.55. The van der Waals surface area contributed by atoms with Gasteiger partial charge in [-0.2, -0.15) is 0 Å². The second kappa shape index (κ2) is 8.34. The largest absolute Gasteiger partial charge is 0.393 e. The molecule has 0 spiro atoms. The molecular formula is C28H48O4. The molecule has 4 rings (SSSR count). The van der Waals surface area contributed by atoms with E-state index in [1.165, 1.54) is 0 Å². The molecule has 0 aromatic carbocycles. The number of hydrogen-bond acceptors (Lipinski definition) is 4. The van der Waals surface area contributed by atoms with E-state index in [-0.39, 0.29) is 40.5 Å². The van der Waals surface area contributed by atoms with Gasteiger partial charge in [-0.3, -0.25) is 4.79 Å². The van der Waals surface area contributed by atoms with Crippen molar-refractivity contribution < 1.29 is 20.1 Å². The fourth-order valence-corrected chi connectivity index (χ4v) is 9.07. The van der Waals surface area contributed by atoms with Crippen LogP contribution in [-0.4, -0.2) is 39.4 Å². The highest BCUT2D eigenvalue weighted by Gasteiger charge is 2.65. The molecule has 32 heavy (non-hydrogen) atoms. The third-order valence-electron chi connectivity index (χ3n) is 11.2. The Morgan fingerprint density at radius 1 is 1.00 bits per heavy atom. The first-order valence-electron chi connectivity index (χ1n) is 13.4. The van der Waals surface area contributed by atoms with Gasteiger partial charge < -0.3 is 15.3 Å². The first-order valence-corrected chi connectivity index (χ1v) is 13.4. The van der Waals surface area contributed by atoms with Crippen molar-refractivity contribution in [2.75, 3.05) is 0 Å². The summed E-state index contributed by atoms with van der Waals surface area (Å²) in [5.41, 5.74) is -0.344. The van der Waals surface area contributed by atoms with E-state index in [1.807, 2.05) is 20.8 Å². The Hall–Kier alpha value is -0.450. The standard InChI is InChI=1S/C28H48O4/c1-16(7-10-23(31)26(2,3)4)19-8-9-20-25-21(15-24(32)28(19,20)6)27(5)12-11-18(29)13-17(27)14-22(25)30/h16-22,24-25,29-30,32H,7-15H2,1-6H3/t16?,17-,18+,19+,20?,21?,22+,24-,25-,27-,28+/m0/s1. The molecule has 0 aromatic rings. The molecule has 4 aliphatic carbocycles. The van der Waals surface area contributed by atoms with Gasteiger partial charge in [0.2, 0.25) is 0 Å². The molecule has 0 radical (unpaired) electrons. The van der Waals surface area contributed by atoms with Crippen LogP contribution in [0.15, 0.2) is 0 Å². The minimum absolute atomic E-state index is 0.119. The lowest BCUT2D eigenvalue weighted by atomic mass is 9.43. The van der Waals surface area contributed by atoms with Crippen molar-refractivity contribution in [3.05, 3.63) is 0 Å². The number of carbonyl (C=O) groups is 1. The van der Waals surface area contributed by atoms with Gasteiger partial charge in [0.15, 0.2) is 0 Å². The molecule has 4 fully saturated rings. The first-order chi connectivity index (χ1) is 14.8. The quantitative estimate of drug-likeness (QED) is 0.567. The van der Waals surface area contributed by atoms with Crippen LogP contribution in [0.4, 0.5) is 0 Å². The van der Waals surface area contributed by atoms with Crippen LogP contribution in [0.5, 0.6) is 0 Å². The molecule has 0 saturated heterocycles. The smallest absolute Gasteiger partial charge is 0.138 e. The first kappa shape index (κ1) is 24.7. The second-order valence-corrected chi connectivity index (χ2v) is 13.7. The predicted octanol–water partition coefficient (Wildman–Crippen LogP) is 4.98. The summed E-state index contributed by atoms with van der Waals surface area (Å²) in [5, 5.41) is 33.3. The Bertz CT molecular complexity index is 713. The summed E-state index contributed by atoms with van der Waals surface area (Å²) in [5.74, 6) is 2.44. The van der Waals surface area contributed by atoms with Crippen molar-refractivity contribution in [1.82, 2.24) is 0 Å². The SMILES string of the molecule is CC(CCC(=O)C(C)(C)C)[C@H]1CCC2[C@H]3C(C[C@H](O)[C@@]21C)[C@@]1(C)CC[C@@H](O)C[C@H]1C[C@H]3O. The van der Waals surface area contributed by atoms with Crippen LogP contribution >= 0.6 is 0 Å². The van der Waals surface area contributed by atoms with Crippen molar-refractivity contribution >= 4 is 5.78 Å². The average molecular weight is 449 g/mol. The molecular weight excluding hydrogens is 400 g/mol. The summed E-state index contributed by atoms with van der Waals surface area (Å²) in [6.45, 7) is 13.0. The fraction of sp³-hybridized carbons (Fsp3) is 0.964. The number of aliphatic hydroxyl groups is 3. The number of Topliss-reactive ketones (excluding diaryl/α,β-unsaturated/α-hetero) is 1. The van der Waals surface area contributed by atoms with Gasteiger partial charge in [0.25, 0.3) is 0 Å². The van der Waals surface area contributed by atoms with Crippen LogP contribution in [0.1, 0.15) is 99.3 Å². The van der Waals surface area contributed by atoms with Crippen molar-refractivity contribution in [2.45, 2.75) is 118 Å². The fourth-order valence-electron chi connectivity index (χ4n) is 9.07. The topological polar surface area (TPSA) is 77.8 Å². The van der Waals surface area contributed by atoms with E-state index in [0.29, 0.717) is 41.8 Å². The number of carbonyl (C=O) groups excluding carboxylic acids is 1. The Kier molecular flexibility index (Phi) is 6.43. The van der Waals surface area contributed by atoms with E-state index in [2.05, 4.69) is 20.8 Å². The zero-order valence-electron chi connectivity index (χ0n) is 21.3. The average Bonchev–Trinajstić information content (AvgIpc) is 3.06. The van der Waals surface area contributed by atoms with Crippen molar-refractivity contribution in [2.24, 2.45) is 51.8 Å². The summed E-state index contributed by atoms with van der Waals surface area (Å²) >= 11 is 0. The van der Waals surface area contributed by atoms with Crippen LogP contribution in [0.3, 0.4) is 0 Å².